The SMILES string of the molecule is CCNC(=NCC(C)(O)c1ccco1)N1CCC(CSc2ccccc2)C1. The minimum atomic E-state index is -1.10. The molecule has 146 valence electrons. The molecular formula is C21H29N3O2S. The van der Waals surface area contributed by atoms with Gasteiger partial charge in [-0.1, -0.05) is 18.2 Å². The Hall–Kier alpha value is -1.92. The molecule has 2 heterocycles. The number of likely N-dealkylation sites (tertiary alicyclic amines) is 1. The molecule has 5 nitrogen and oxygen atoms in total. The van der Waals surface area contributed by atoms with E-state index in [1.54, 1.807) is 25.3 Å². The summed E-state index contributed by atoms with van der Waals surface area (Å²) in [5.41, 5.74) is -1.10. The lowest BCUT2D eigenvalue weighted by Gasteiger charge is -2.24. The number of guanidine groups is 1. The van der Waals surface area contributed by atoms with Gasteiger partial charge in [0.2, 0.25) is 0 Å². The van der Waals surface area contributed by atoms with Crippen LogP contribution in [0.3, 0.4) is 0 Å². The highest BCUT2D eigenvalue weighted by Gasteiger charge is 2.28. The van der Waals surface area contributed by atoms with Crippen molar-refractivity contribution in [2.75, 3.05) is 31.9 Å². The fourth-order valence-electron chi connectivity index (χ4n) is 3.21. The molecule has 1 aromatic heterocycles. The van der Waals surface area contributed by atoms with E-state index in [1.165, 1.54) is 11.3 Å². The van der Waals surface area contributed by atoms with Gasteiger partial charge in [-0.2, -0.15) is 0 Å². The molecule has 27 heavy (non-hydrogen) atoms. The molecular weight excluding hydrogens is 358 g/mol. The minimum absolute atomic E-state index is 0.267. The van der Waals surface area contributed by atoms with Crippen molar-refractivity contribution in [3.8, 4) is 0 Å². The number of aliphatic hydroxyl groups is 1. The van der Waals surface area contributed by atoms with Gasteiger partial charge in [-0.3, -0.25) is 0 Å². The van der Waals surface area contributed by atoms with E-state index in [0.717, 1.165) is 31.3 Å². The van der Waals surface area contributed by atoms with Crippen LogP contribution in [0.5, 0.6) is 0 Å². The van der Waals surface area contributed by atoms with Crippen LogP contribution in [0, 0.1) is 5.92 Å². The van der Waals surface area contributed by atoms with Gasteiger partial charge in [-0.15, -0.1) is 11.8 Å². The number of nitrogens with one attached hydrogen (secondary N) is 1. The largest absolute Gasteiger partial charge is 0.466 e. The molecule has 0 amide bonds. The average Bonchev–Trinajstić information content (AvgIpc) is 3.36. The number of rotatable bonds is 7. The lowest BCUT2D eigenvalue weighted by molar-refractivity contribution is 0.0435. The number of hydrogen-bond acceptors (Lipinski definition) is 4. The van der Waals surface area contributed by atoms with Crippen molar-refractivity contribution in [3.63, 3.8) is 0 Å². The summed E-state index contributed by atoms with van der Waals surface area (Å²) in [7, 11) is 0. The third-order valence-electron chi connectivity index (χ3n) is 4.74. The van der Waals surface area contributed by atoms with Crippen LogP contribution in [0.1, 0.15) is 26.0 Å². The Labute approximate surface area is 165 Å². The zero-order chi connectivity index (χ0) is 19.1. The van der Waals surface area contributed by atoms with Crippen molar-refractivity contribution in [2.45, 2.75) is 30.8 Å². The second kappa shape index (κ2) is 9.33. The number of hydrogen-bond donors (Lipinski definition) is 2. The first-order valence-electron chi connectivity index (χ1n) is 9.56. The summed E-state index contributed by atoms with van der Waals surface area (Å²) in [5.74, 6) is 3.17. The first-order valence-corrected chi connectivity index (χ1v) is 10.5. The molecule has 0 spiro atoms. The van der Waals surface area contributed by atoms with E-state index < -0.39 is 5.60 Å². The maximum Gasteiger partial charge on any atom is 0.194 e. The third-order valence-corrected chi connectivity index (χ3v) is 5.98. The molecule has 0 bridgehead atoms. The van der Waals surface area contributed by atoms with Gasteiger partial charge >= 0.3 is 0 Å². The van der Waals surface area contributed by atoms with Gasteiger partial charge in [0.1, 0.15) is 11.4 Å². The molecule has 2 unspecified atom stereocenters. The summed E-state index contributed by atoms with van der Waals surface area (Å²) in [6.45, 7) is 6.87. The zero-order valence-corrected chi connectivity index (χ0v) is 16.9. The van der Waals surface area contributed by atoms with Crippen molar-refractivity contribution in [3.05, 3.63) is 54.5 Å². The fraction of sp³-hybridized carbons (Fsp3) is 0.476. The van der Waals surface area contributed by atoms with Gasteiger partial charge < -0.3 is 19.7 Å². The standard InChI is InChI=1S/C21H29N3O2S/c1-3-22-20(23-16-21(2,25)19-10-7-13-26-19)24-12-11-17(14-24)15-27-18-8-5-4-6-9-18/h4-10,13,17,25H,3,11-12,14-16H2,1-2H3,(H,22,23). The van der Waals surface area contributed by atoms with E-state index in [9.17, 15) is 5.11 Å². The molecule has 1 aliphatic rings. The van der Waals surface area contributed by atoms with Gasteiger partial charge in [0, 0.05) is 30.3 Å². The zero-order valence-electron chi connectivity index (χ0n) is 16.1. The summed E-state index contributed by atoms with van der Waals surface area (Å²) < 4.78 is 5.35. The number of benzene rings is 1. The van der Waals surface area contributed by atoms with Crippen molar-refractivity contribution < 1.29 is 9.52 Å². The van der Waals surface area contributed by atoms with Crippen LogP contribution in [-0.2, 0) is 5.60 Å². The Bertz CT molecular complexity index is 716. The van der Waals surface area contributed by atoms with Crippen LogP contribution in [0.15, 0.2) is 63.0 Å². The monoisotopic (exact) mass is 387 g/mol. The highest BCUT2D eigenvalue weighted by atomic mass is 32.2. The predicted octanol–water partition coefficient (Wildman–Crippen LogP) is 3.57. The van der Waals surface area contributed by atoms with E-state index in [4.69, 9.17) is 9.41 Å². The second-order valence-electron chi connectivity index (χ2n) is 7.15. The molecule has 1 saturated heterocycles. The molecule has 1 aromatic carbocycles. The quantitative estimate of drug-likeness (QED) is 0.432. The molecule has 0 saturated carbocycles. The van der Waals surface area contributed by atoms with Crippen molar-refractivity contribution >= 4 is 17.7 Å². The Balaban J connectivity index is 1.57. The van der Waals surface area contributed by atoms with E-state index in [2.05, 4.69) is 47.5 Å². The molecule has 2 aromatic rings. The summed E-state index contributed by atoms with van der Waals surface area (Å²) in [6.07, 6.45) is 2.74. The first kappa shape index (κ1) is 19.8. The summed E-state index contributed by atoms with van der Waals surface area (Å²) >= 11 is 1.92. The van der Waals surface area contributed by atoms with E-state index in [-0.39, 0.29) is 6.54 Å². The number of furan rings is 1. The molecule has 1 aliphatic heterocycles. The summed E-state index contributed by atoms with van der Waals surface area (Å²) in [6, 6.07) is 14.1. The molecule has 0 radical (unpaired) electrons. The first-order chi connectivity index (χ1) is 13.1. The molecule has 0 aliphatic carbocycles. The average molecular weight is 388 g/mol. The van der Waals surface area contributed by atoms with Gasteiger partial charge in [0.15, 0.2) is 5.96 Å². The van der Waals surface area contributed by atoms with Crippen LogP contribution in [0.4, 0.5) is 0 Å². The van der Waals surface area contributed by atoms with Crippen LogP contribution in [0.2, 0.25) is 0 Å². The maximum absolute atomic E-state index is 10.6. The van der Waals surface area contributed by atoms with Crippen molar-refractivity contribution in [2.24, 2.45) is 10.9 Å². The Morgan fingerprint density at radius 3 is 2.85 bits per heavy atom. The maximum atomic E-state index is 10.6. The smallest absolute Gasteiger partial charge is 0.194 e. The number of aliphatic imine (C=N–C) groups is 1. The van der Waals surface area contributed by atoms with E-state index >= 15 is 0 Å². The Kier molecular flexibility index (Phi) is 6.85. The Morgan fingerprint density at radius 1 is 1.33 bits per heavy atom. The van der Waals surface area contributed by atoms with E-state index in [0.29, 0.717) is 11.7 Å². The van der Waals surface area contributed by atoms with Crippen LogP contribution in [0.25, 0.3) is 0 Å². The van der Waals surface area contributed by atoms with Crippen LogP contribution < -0.4 is 5.32 Å². The molecule has 6 heteroatoms. The molecule has 2 N–H and O–H groups in total. The normalized spacial score (nSPS) is 19.9. The van der Waals surface area contributed by atoms with E-state index in [1.807, 2.05) is 11.8 Å². The lowest BCUT2D eigenvalue weighted by atomic mass is 10.0. The topological polar surface area (TPSA) is 61.0 Å². The second-order valence-corrected chi connectivity index (χ2v) is 8.24. The lowest BCUT2D eigenvalue weighted by Crippen LogP contribution is -2.41. The third kappa shape index (κ3) is 5.53. The molecule has 2 atom stereocenters. The van der Waals surface area contributed by atoms with Crippen molar-refractivity contribution in [1.29, 1.82) is 0 Å². The van der Waals surface area contributed by atoms with Gasteiger partial charge in [-0.25, -0.2) is 4.99 Å². The fourth-order valence-corrected chi connectivity index (χ4v) is 4.26. The molecule has 3 rings (SSSR count). The van der Waals surface area contributed by atoms with Crippen LogP contribution >= 0.6 is 11.8 Å². The predicted molar refractivity (Wildman–Crippen MR) is 111 cm³/mol. The van der Waals surface area contributed by atoms with Crippen LogP contribution in [-0.4, -0.2) is 47.9 Å². The van der Waals surface area contributed by atoms with Gasteiger partial charge in [0.25, 0.3) is 0 Å². The highest BCUT2D eigenvalue weighted by Crippen LogP contribution is 2.26. The minimum Gasteiger partial charge on any atom is -0.466 e. The highest BCUT2D eigenvalue weighted by molar-refractivity contribution is 7.99. The Morgan fingerprint density at radius 2 is 2.15 bits per heavy atom. The number of thioether (sulfide) groups is 1. The summed E-state index contributed by atoms with van der Waals surface area (Å²) in [5, 5.41) is 14.0. The van der Waals surface area contributed by atoms with Crippen molar-refractivity contribution in [1.82, 2.24) is 10.2 Å². The summed E-state index contributed by atoms with van der Waals surface area (Å²) in [4.78, 5) is 8.32. The van der Waals surface area contributed by atoms with Gasteiger partial charge in [-0.05, 0) is 50.5 Å². The molecule has 1 fully saturated rings. The number of nitrogens with zero attached hydrogens (tertiary/aromatic N) is 2. The van der Waals surface area contributed by atoms with Gasteiger partial charge in [0.05, 0.1) is 12.8 Å².